The Labute approximate surface area is 199 Å². The molecule has 174 valence electrons. The molecule has 0 saturated carbocycles. The number of aromatic amines is 1. The van der Waals surface area contributed by atoms with Gasteiger partial charge in [0.2, 0.25) is 5.91 Å². The minimum atomic E-state index is -0.0838. The van der Waals surface area contributed by atoms with E-state index in [0.29, 0.717) is 31.2 Å². The Morgan fingerprint density at radius 2 is 1.73 bits per heavy atom. The van der Waals surface area contributed by atoms with E-state index in [1.807, 2.05) is 40.6 Å². The van der Waals surface area contributed by atoms with Crippen molar-refractivity contribution in [2.45, 2.75) is 31.2 Å². The van der Waals surface area contributed by atoms with E-state index in [1.54, 1.807) is 11.3 Å². The second kappa shape index (κ2) is 9.31. The van der Waals surface area contributed by atoms with E-state index in [0.717, 1.165) is 41.7 Å². The number of carbonyl (C=O) groups excluding carboxylic acids is 2. The van der Waals surface area contributed by atoms with Crippen LogP contribution in [0.25, 0.3) is 10.2 Å². The smallest absolute Gasteiger partial charge is 0.270 e. The van der Waals surface area contributed by atoms with Crippen LogP contribution in [0.2, 0.25) is 0 Å². The van der Waals surface area contributed by atoms with Crippen LogP contribution in [-0.4, -0.2) is 77.8 Å². The number of nitrogens with one attached hydrogen (secondary N) is 1. The second-order valence-corrected chi connectivity index (χ2v) is 10.5. The van der Waals surface area contributed by atoms with Gasteiger partial charge in [-0.1, -0.05) is 30.3 Å². The summed E-state index contributed by atoms with van der Waals surface area (Å²) in [4.78, 5) is 36.5. The minimum Gasteiger partial charge on any atom is -0.350 e. The largest absolute Gasteiger partial charge is 0.350 e. The van der Waals surface area contributed by atoms with E-state index in [2.05, 4.69) is 41.0 Å². The summed E-state index contributed by atoms with van der Waals surface area (Å²) >= 11 is 1.64. The number of fused-ring (bicyclic) bond motifs is 1. The number of piperidine rings is 2. The number of H-pyrrole nitrogens is 1. The summed E-state index contributed by atoms with van der Waals surface area (Å²) in [6, 6.07) is 14.8. The lowest BCUT2D eigenvalue weighted by atomic mass is 9.79. The zero-order valence-corrected chi connectivity index (χ0v) is 20.2. The number of aromatic nitrogens is 1. The Bertz CT molecular complexity index is 1090. The van der Waals surface area contributed by atoms with Crippen LogP contribution in [0.4, 0.5) is 0 Å². The van der Waals surface area contributed by atoms with Crippen molar-refractivity contribution in [3.05, 3.63) is 59.1 Å². The fourth-order valence-corrected chi connectivity index (χ4v) is 6.22. The highest BCUT2D eigenvalue weighted by Crippen LogP contribution is 2.35. The topological polar surface area (TPSA) is 59.6 Å². The highest BCUT2D eigenvalue weighted by molar-refractivity contribution is 7.17. The zero-order chi connectivity index (χ0) is 22.9. The summed E-state index contributed by atoms with van der Waals surface area (Å²) in [6.07, 6.45) is 2.75. The molecule has 2 aliphatic rings. The lowest BCUT2D eigenvalue weighted by molar-refractivity contribution is -0.139. The average molecular weight is 465 g/mol. The van der Waals surface area contributed by atoms with Crippen LogP contribution in [-0.2, 0) is 4.79 Å². The van der Waals surface area contributed by atoms with Gasteiger partial charge < -0.3 is 19.7 Å². The SMILES string of the molecule is CN(C)C1CCN(C(=O)[C@H]2CCN(C(=O)c3cc4sccc4[nH]3)C[C@@H]2c2ccccc2)CC1. The van der Waals surface area contributed by atoms with E-state index in [9.17, 15) is 9.59 Å². The molecule has 0 bridgehead atoms. The third kappa shape index (κ3) is 4.44. The number of amides is 2. The van der Waals surface area contributed by atoms with Crippen molar-refractivity contribution < 1.29 is 9.59 Å². The van der Waals surface area contributed by atoms with Crippen LogP contribution in [0.1, 0.15) is 41.2 Å². The molecule has 2 aromatic heterocycles. The third-order valence-corrected chi connectivity index (χ3v) is 8.29. The van der Waals surface area contributed by atoms with Crippen molar-refractivity contribution >= 4 is 33.4 Å². The number of nitrogens with zero attached hydrogens (tertiary/aromatic N) is 3. The summed E-state index contributed by atoms with van der Waals surface area (Å²) in [7, 11) is 4.24. The maximum absolute atomic E-state index is 13.6. The number of thiophene rings is 1. The van der Waals surface area contributed by atoms with Crippen LogP contribution in [0.5, 0.6) is 0 Å². The second-order valence-electron chi connectivity index (χ2n) is 9.57. The molecule has 3 aromatic rings. The fraction of sp³-hybridized carbons (Fsp3) is 0.462. The molecule has 33 heavy (non-hydrogen) atoms. The first-order valence-electron chi connectivity index (χ1n) is 11.9. The molecule has 0 spiro atoms. The van der Waals surface area contributed by atoms with Gasteiger partial charge in [0, 0.05) is 44.1 Å². The Balaban J connectivity index is 1.34. The monoisotopic (exact) mass is 464 g/mol. The Morgan fingerprint density at radius 3 is 2.42 bits per heavy atom. The molecule has 6 nitrogen and oxygen atoms in total. The van der Waals surface area contributed by atoms with Gasteiger partial charge in [0.05, 0.1) is 10.2 Å². The molecule has 0 aliphatic carbocycles. The maximum atomic E-state index is 13.6. The first-order chi connectivity index (χ1) is 16.0. The molecule has 4 heterocycles. The first kappa shape index (κ1) is 22.2. The van der Waals surface area contributed by atoms with Crippen molar-refractivity contribution in [1.82, 2.24) is 19.7 Å². The van der Waals surface area contributed by atoms with Gasteiger partial charge in [0.1, 0.15) is 5.69 Å². The lowest BCUT2D eigenvalue weighted by Gasteiger charge is -2.42. The molecule has 5 rings (SSSR count). The van der Waals surface area contributed by atoms with Crippen molar-refractivity contribution in [2.24, 2.45) is 5.92 Å². The number of hydrogen-bond acceptors (Lipinski definition) is 4. The molecule has 2 atom stereocenters. The maximum Gasteiger partial charge on any atom is 0.270 e. The van der Waals surface area contributed by atoms with E-state index < -0.39 is 0 Å². The number of benzene rings is 1. The summed E-state index contributed by atoms with van der Waals surface area (Å²) in [6.45, 7) is 2.82. The highest BCUT2D eigenvalue weighted by Gasteiger charge is 2.39. The first-order valence-corrected chi connectivity index (χ1v) is 12.7. The molecule has 2 aliphatic heterocycles. The van der Waals surface area contributed by atoms with Crippen LogP contribution < -0.4 is 0 Å². The predicted octanol–water partition coefficient (Wildman–Crippen LogP) is 4.03. The van der Waals surface area contributed by atoms with Crippen LogP contribution in [0.15, 0.2) is 47.8 Å². The zero-order valence-electron chi connectivity index (χ0n) is 19.4. The number of rotatable bonds is 4. The molecule has 0 radical (unpaired) electrons. The van der Waals surface area contributed by atoms with Crippen LogP contribution in [0, 0.1) is 5.92 Å². The molecule has 2 saturated heterocycles. The molecule has 2 fully saturated rings. The molecule has 0 unspecified atom stereocenters. The van der Waals surface area contributed by atoms with Gasteiger partial charge in [-0.2, -0.15) is 0 Å². The van der Waals surface area contributed by atoms with Gasteiger partial charge in [-0.3, -0.25) is 9.59 Å². The molecule has 7 heteroatoms. The fourth-order valence-electron chi connectivity index (χ4n) is 5.44. The summed E-state index contributed by atoms with van der Waals surface area (Å²) in [5, 5.41) is 2.03. The normalized spacial score (nSPS) is 22.3. The van der Waals surface area contributed by atoms with Gasteiger partial charge in [0.25, 0.3) is 5.91 Å². The predicted molar refractivity (Wildman–Crippen MR) is 133 cm³/mol. The van der Waals surface area contributed by atoms with Crippen molar-refractivity contribution in [3.8, 4) is 0 Å². The Morgan fingerprint density at radius 1 is 1.00 bits per heavy atom. The number of likely N-dealkylation sites (tertiary alicyclic amines) is 2. The van der Waals surface area contributed by atoms with E-state index in [1.165, 1.54) is 0 Å². The van der Waals surface area contributed by atoms with Crippen molar-refractivity contribution in [3.63, 3.8) is 0 Å². The summed E-state index contributed by atoms with van der Waals surface area (Å²) in [5.41, 5.74) is 2.79. The standard InChI is InChI=1S/C26H32N4O2S/c1-28(2)19-8-12-29(13-9-19)25(31)20-10-14-30(17-21(20)18-6-4-3-5-7-18)26(32)23-16-24-22(27-23)11-15-33-24/h3-7,11,15-16,19-21,27H,8-10,12-14,17H2,1-2H3/t20-,21+/m0/s1. The van der Waals surface area contributed by atoms with Crippen LogP contribution in [0.3, 0.4) is 0 Å². The van der Waals surface area contributed by atoms with Gasteiger partial charge in [-0.15, -0.1) is 11.3 Å². The number of hydrogen-bond donors (Lipinski definition) is 1. The molecule has 1 N–H and O–H groups in total. The molecule has 2 amide bonds. The highest BCUT2D eigenvalue weighted by atomic mass is 32.1. The lowest BCUT2D eigenvalue weighted by Crippen LogP contribution is -2.51. The quantitative estimate of drug-likeness (QED) is 0.634. The molecule has 1 aromatic carbocycles. The van der Waals surface area contributed by atoms with Gasteiger partial charge >= 0.3 is 0 Å². The summed E-state index contributed by atoms with van der Waals surface area (Å²) in [5.74, 6) is 0.212. The van der Waals surface area contributed by atoms with E-state index in [-0.39, 0.29) is 23.7 Å². The Kier molecular flexibility index (Phi) is 6.25. The summed E-state index contributed by atoms with van der Waals surface area (Å²) < 4.78 is 1.10. The van der Waals surface area contributed by atoms with Crippen LogP contribution >= 0.6 is 11.3 Å². The number of carbonyl (C=O) groups is 2. The van der Waals surface area contributed by atoms with Gasteiger partial charge in [-0.25, -0.2) is 0 Å². The Hall–Kier alpha value is -2.64. The molecular formula is C26H32N4O2S. The average Bonchev–Trinajstić information content (AvgIpc) is 3.46. The van der Waals surface area contributed by atoms with Crippen molar-refractivity contribution in [1.29, 1.82) is 0 Å². The van der Waals surface area contributed by atoms with Gasteiger partial charge in [-0.05, 0) is 56.4 Å². The third-order valence-electron chi connectivity index (χ3n) is 7.42. The van der Waals surface area contributed by atoms with Crippen molar-refractivity contribution in [2.75, 3.05) is 40.3 Å². The van der Waals surface area contributed by atoms with E-state index in [4.69, 9.17) is 0 Å². The van der Waals surface area contributed by atoms with E-state index >= 15 is 0 Å². The molecular weight excluding hydrogens is 432 g/mol. The minimum absolute atomic E-state index is 0.0130. The van der Waals surface area contributed by atoms with Gasteiger partial charge in [0.15, 0.2) is 0 Å².